The molecular weight excluding hydrogens is 161 g/mol. The summed E-state index contributed by atoms with van der Waals surface area (Å²) in [5, 5.41) is 3.23. The van der Waals surface area contributed by atoms with Crippen molar-refractivity contribution in [2.24, 2.45) is 5.11 Å². The molecule has 0 saturated heterocycles. The molecule has 0 heterocycles. The van der Waals surface area contributed by atoms with Gasteiger partial charge in [-0.1, -0.05) is 5.11 Å². The first-order valence-corrected chi connectivity index (χ1v) is 3.16. The van der Waals surface area contributed by atoms with Crippen LogP contribution in [-0.2, 0) is 0 Å². The number of azide groups is 1. The van der Waals surface area contributed by atoms with Gasteiger partial charge in [0.2, 0.25) is 0 Å². The first-order valence-electron chi connectivity index (χ1n) is 3.16. The lowest BCUT2D eigenvalue weighted by Crippen LogP contribution is -1.85. The second-order valence-corrected chi connectivity index (χ2v) is 2.01. The summed E-state index contributed by atoms with van der Waals surface area (Å²) in [6, 6.07) is 3.99. The van der Waals surface area contributed by atoms with Crippen molar-refractivity contribution >= 4 is 5.69 Å². The van der Waals surface area contributed by atoms with Crippen LogP contribution < -0.4 is 4.74 Å². The maximum atomic E-state index is 12.9. The van der Waals surface area contributed by atoms with Crippen molar-refractivity contribution in [3.8, 4) is 5.75 Å². The zero-order valence-electron chi connectivity index (χ0n) is 6.36. The SMILES string of the molecule is COc1ccc(N=[N+]=[N-])cc1F. The fourth-order valence-corrected chi connectivity index (χ4v) is 0.769. The summed E-state index contributed by atoms with van der Waals surface area (Å²) in [6.45, 7) is 0. The van der Waals surface area contributed by atoms with Gasteiger partial charge in [-0.15, -0.1) is 0 Å². The Bertz CT molecular complexity index is 333. The Morgan fingerprint density at radius 3 is 2.83 bits per heavy atom. The Labute approximate surface area is 68.2 Å². The summed E-state index contributed by atoms with van der Waals surface area (Å²) >= 11 is 0. The van der Waals surface area contributed by atoms with E-state index in [9.17, 15) is 4.39 Å². The third kappa shape index (κ3) is 1.65. The lowest BCUT2D eigenvalue weighted by molar-refractivity contribution is 0.386. The van der Waals surface area contributed by atoms with Gasteiger partial charge in [-0.05, 0) is 23.7 Å². The highest BCUT2D eigenvalue weighted by atomic mass is 19.1. The molecule has 1 aromatic carbocycles. The van der Waals surface area contributed by atoms with E-state index in [2.05, 4.69) is 14.8 Å². The molecule has 0 bridgehead atoms. The summed E-state index contributed by atoms with van der Waals surface area (Å²) in [4.78, 5) is 2.52. The fourth-order valence-electron chi connectivity index (χ4n) is 0.769. The van der Waals surface area contributed by atoms with Crippen molar-refractivity contribution in [3.63, 3.8) is 0 Å². The van der Waals surface area contributed by atoms with Gasteiger partial charge in [0.25, 0.3) is 0 Å². The van der Waals surface area contributed by atoms with Crippen LogP contribution in [0.2, 0.25) is 0 Å². The maximum Gasteiger partial charge on any atom is 0.165 e. The van der Waals surface area contributed by atoms with Crippen molar-refractivity contribution in [1.29, 1.82) is 0 Å². The van der Waals surface area contributed by atoms with E-state index in [0.717, 1.165) is 6.07 Å². The van der Waals surface area contributed by atoms with Gasteiger partial charge in [0.05, 0.1) is 7.11 Å². The molecule has 1 rings (SSSR count). The number of halogens is 1. The van der Waals surface area contributed by atoms with Crippen molar-refractivity contribution in [1.82, 2.24) is 0 Å². The van der Waals surface area contributed by atoms with Crippen molar-refractivity contribution in [2.75, 3.05) is 7.11 Å². The van der Waals surface area contributed by atoms with Gasteiger partial charge in [-0.2, -0.15) is 0 Å². The fraction of sp³-hybridized carbons (Fsp3) is 0.143. The van der Waals surface area contributed by atoms with Crippen molar-refractivity contribution in [2.45, 2.75) is 0 Å². The maximum absolute atomic E-state index is 12.9. The monoisotopic (exact) mass is 167 g/mol. The number of benzene rings is 1. The van der Waals surface area contributed by atoms with E-state index in [-0.39, 0.29) is 11.4 Å². The van der Waals surface area contributed by atoms with E-state index in [1.165, 1.54) is 19.2 Å². The van der Waals surface area contributed by atoms with Crippen molar-refractivity contribution in [3.05, 3.63) is 34.5 Å². The number of hydrogen-bond donors (Lipinski definition) is 0. The molecule has 0 unspecified atom stereocenters. The summed E-state index contributed by atoms with van der Waals surface area (Å²) in [5.74, 6) is -0.408. The largest absolute Gasteiger partial charge is 0.494 e. The van der Waals surface area contributed by atoms with Crippen LogP contribution in [0.15, 0.2) is 23.3 Å². The van der Waals surface area contributed by atoms with E-state index < -0.39 is 5.82 Å². The zero-order valence-corrected chi connectivity index (χ0v) is 6.36. The Hall–Kier alpha value is -1.74. The Kier molecular flexibility index (Phi) is 2.50. The number of rotatable bonds is 2. The van der Waals surface area contributed by atoms with Gasteiger partial charge >= 0.3 is 0 Å². The molecule has 0 spiro atoms. The minimum Gasteiger partial charge on any atom is -0.494 e. The van der Waals surface area contributed by atoms with E-state index in [4.69, 9.17) is 5.53 Å². The highest BCUT2D eigenvalue weighted by Gasteiger charge is 2.00. The highest BCUT2D eigenvalue weighted by Crippen LogP contribution is 2.22. The zero-order chi connectivity index (χ0) is 8.97. The Morgan fingerprint density at radius 2 is 2.33 bits per heavy atom. The lowest BCUT2D eigenvalue weighted by Gasteiger charge is -2.00. The van der Waals surface area contributed by atoms with Gasteiger partial charge in [0, 0.05) is 10.6 Å². The third-order valence-electron chi connectivity index (χ3n) is 1.30. The van der Waals surface area contributed by atoms with E-state index >= 15 is 0 Å². The molecule has 0 aliphatic heterocycles. The summed E-state index contributed by atoms with van der Waals surface area (Å²) in [6.07, 6.45) is 0. The summed E-state index contributed by atoms with van der Waals surface area (Å²) in [5.41, 5.74) is 8.27. The van der Waals surface area contributed by atoms with Crippen LogP contribution in [-0.4, -0.2) is 7.11 Å². The molecule has 4 nitrogen and oxygen atoms in total. The molecule has 0 N–H and O–H groups in total. The van der Waals surface area contributed by atoms with Gasteiger partial charge < -0.3 is 4.74 Å². The molecule has 62 valence electrons. The molecule has 0 radical (unpaired) electrons. The van der Waals surface area contributed by atoms with Crippen LogP contribution in [0.3, 0.4) is 0 Å². The van der Waals surface area contributed by atoms with Gasteiger partial charge in [0.15, 0.2) is 11.6 Å². The van der Waals surface area contributed by atoms with E-state index in [0.29, 0.717) is 0 Å². The molecule has 5 heteroatoms. The van der Waals surface area contributed by atoms with Gasteiger partial charge in [0.1, 0.15) is 0 Å². The third-order valence-corrected chi connectivity index (χ3v) is 1.30. The standard InChI is InChI=1S/C7H6FN3O/c1-12-7-3-2-5(10-11-9)4-6(7)8/h2-4H,1H3. The van der Waals surface area contributed by atoms with Crippen molar-refractivity contribution < 1.29 is 9.13 Å². The minimum absolute atomic E-state index is 0.131. The topological polar surface area (TPSA) is 58.0 Å². The molecular formula is C7H6FN3O. The second kappa shape index (κ2) is 3.59. The molecule has 0 atom stereocenters. The molecule has 0 saturated carbocycles. The average molecular weight is 167 g/mol. The highest BCUT2D eigenvalue weighted by molar-refractivity contribution is 5.42. The number of nitrogens with zero attached hydrogens (tertiary/aromatic N) is 3. The van der Waals surface area contributed by atoms with E-state index in [1.807, 2.05) is 0 Å². The van der Waals surface area contributed by atoms with Crippen LogP contribution in [0.4, 0.5) is 10.1 Å². The van der Waals surface area contributed by atoms with Gasteiger partial charge in [-0.3, -0.25) is 0 Å². The number of hydrogen-bond acceptors (Lipinski definition) is 2. The van der Waals surface area contributed by atoms with Gasteiger partial charge in [-0.25, -0.2) is 4.39 Å². The molecule has 0 fully saturated rings. The minimum atomic E-state index is -0.539. The van der Waals surface area contributed by atoms with Crippen LogP contribution >= 0.6 is 0 Å². The van der Waals surface area contributed by atoms with Crippen LogP contribution in [0, 0.1) is 5.82 Å². The first kappa shape index (κ1) is 8.36. The summed E-state index contributed by atoms with van der Waals surface area (Å²) in [7, 11) is 1.37. The molecule has 0 amide bonds. The smallest absolute Gasteiger partial charge is 0.165 e. The predicted molar refractivity (Wildman–Crippen MR) is 41.8 cm³/mol. The number of ether oxygens (including phenoxy) is 1. The second-order valence-electron chi connectivity index (χ2n) is 2.01. The molecule has 0 aliphatic carbocycles. The Balaban J connectivity index is 3.09. The molecule has 1 aromatic rings. The molecule has 0 aromatic heterocycles. The Morgan fingerprint density at radius 1 is 1.58 bits per heavy atom. The van der Waals surface area contributed by atoms with E-state index in [1.54, 1.807) is 0 Å². The normalized spacial score (nSPS) is 8.83. The van der Waals surface area contributed by atoms with Crippen LogP contribution in [0.5, 0.6) is 5.75 Å². The summed E-state index contributed by atoms with van der Waals surface area (Å²) < 4.78 is 17.5. The molecule has 12 heavy (non-hydrogen) atoms. The lowest BCUT2D eigenvalue weighted by atomic mass is 10.3. The van der Waals surface area contributed by atoms with Crippen LogP contribution in [0.1, 0.15) is 0 Å². The average Bonchev–Trinajstić information content (AvgIpc) is 2.05. The number of methoxy groups -OCH3 is 1. The first-order chi connectivity index (χ1) is 5.77. The van der Waals surface area contributed by atoms with Crippen LogP contribution in [0.25, 0.3) is 10.4 Å². The quantitative estimate of drug-likeness (QED) is 0.379. The molecule has 0 aliphatic rings. The predicted octanol–water partition coefficient (Wildman–Crippen LogP) is 2.78.